The van der Waals surface area contributed by atoms with E-state index < -0.39 is 17.7 Å². The van der Waals surface area contributed by atoms with Crippen LogP contribution in [-0.4, -0.2) is 80.4 Å². The maximum atomic E-state index is 13.2. The van der Waals surface area contributed by atoms with Gasteiger partial charge in [0, 0.05) is 44.8 Å². The summed E-state index contributed by atoms with van der Waals surface area (Å²) in [4.78, 5) is 38.8. The zero-order valence-electron chi connectivity index (χ0n) is 18.3. The Hall–Kier alpha value is -3.56. The molecule has 2 aliphatic heterocycles. The Morgan fingerprint density at radius 2 is 1.97 bits per heavy atom. The van der Waals surface area contributed by atoms with E-state index in [1.807, 2.05) is 24.3 Å². The van der Waals surface area contributed by atoms with Crippen molar-refractivity contribution >= 4 is 23.1 Å². The molecule has 5 rings (SSSR count). The molecule has 0 spiro atoms. The number of fused-ring (bicyclic) bond motifs is 1. The molecule has 170 valence electrons. The highest BCUT2D eigenvalue weighted by atomic mass is 16.5. The number of ether oxygens (including phenoxy) is 1. The first kappa shape index (κ1) is 21.3. The van der Waals surface area contributed by atoms with Gasteiger partial charge in [-0.25, -0.2) is 4.98 Å². The van der Waals surface area contributed by atoms with Crippen LogP contribution in [-0.2, 0) is 14.3 Å². The lowest BCUT2D eigenvalue weighted by Gasteiger charge is -2.30. The van der Waals surface area contributed by atoms with E-state index >= 15 is 0 Å². The number of aromatic nitrogens is 3. The van der Waals surface area contributed by atoms with E-state index in [-0.39, 0.29) is 11.3 Å². The summed E-state index contributed by atoms with van der Waals surface area (Å²) < 4.78 is 7.13. The summed E-state index contributed by atoms with van der Waals surface area (Å²) in [7, 11) is 0. The van der Waals surface area contributed by atoms with Gasteiger partial charge in [-0.2, -0.15) is 0 Å². The Bertz CT molecular complexity index is 1230. The van der Waals surface area contributed by atoms with Crippen molar-refractivity contribution in [3.8, 4) is 0 Å². The number of hydrogen-bond acceptors (Lipinski definition) is 7. The molecule has 1 N–H and O–H groups in total. The summed E-state index contributed by atoms with van der Waals surface area (Å²) >= 11 is 0. The molecule has 3 aromatic heterocycles. The van der Waals surface area contributed by atoms with Crippen molar-refractivity contribution in [3.05, 3.63) is 71.4 Å². The summed E-state index contributed by atoms with van der Waals surface area (Å²) in [6.07, 6.45) is 5.04. The molecule has 5 heterocycles. The van der Waals surface area contributed by atoms with Gasteiger partial charge >= 0.3 is 0 Å². The second kappa shape index (κ2) is 8.76. The molecular formula is C24H25N5O4. The molecule has 0 aliphatic carbocycles. The zero-order valence-corrected chi connectivity index (χ0v) is 18.3. The van der Waals surface area contributed by atoms with Crippen molar-refractivity contribution in [1.82, 2.24) is 24.2 Å². The summed E-state index contributed by atoms with van der Waals surface area (Å²) in [6, 6.07) is 8.35. The minimum absolute atomic E-state index is 0.0590. The second-order valence-electron chi connectivity index (χ2n) is 8.21. The Morgan fingerprint density at radius 3 is 2.73 bits per heavy atom. The number of Topliss-reactive ketones (excluding diaryl/α,β-unsaturated/α-hetero) is 1. The Kier molecular flexibility index (Phi) is 5.65. The number of imidazole rings is 1. The molecule has 1 atom stereocenters. The van der Waals surface area contributed by atoms with E-state index in [0.29, 0.717) is 48.9 Å². The average molecular weight is 447 g/mol. The van der Waals surface area contributed by atoms with Gasteiger partial charge in [-0.3, -0.25) is 23.9 Å². The van der Waals surface area contributed by atoms with Gasteiger partial charge in [0.1, 0.15) is 11.3 Å². The number of morpholine rings is 1. The number of aliphatic hydroxyl groups excluding tert-OH is 1. The van der Waals surface area contributed by atoms with Crippen LogP contribution in [0.1, 0.15) is 23.0 Å². The standard InChI is InChI=1S/C24H25N5O4/c1-16-20(28-8-3-2-6-18(28)26-16)22(30)19-21(17-5-4-7-25-15-17)29(24(32)23(19)31)10-9-27-11-13-33-14-12-27/h2-8,15,21,30H,9-14H2,1H3/b22-19+/t21-/m1/s1. The third-order valence-electron chi connectivity index (χ3n) is 6.23. The first-order chi connectivity index (χ1) is 16.1. The van der Waals surface area contributed by atoms with Gasteiger partial charge in [0.15, 0.2) is 5.76 Å². The average Bonchev–Trinajstić information content (AvgIpc) is 3.31. The number of carbonyl (C=O) groups excluding carboxylic acids is 2. The predicted octanol–water partition coefficient (Wildman–Crippen LogP) is 1.79. The Balaban J connectivity index is 1.59. The molecule has 2 fully saturated rings. The Labute approximate surface area is 190 Å². The SMILES string of the molecule is Cc1nc2ccccn2c1/C(O)=C1\C(=O)C(=O)N(CCN2CCOCC2)[C@@H]1c1cccnc1. The predicted molar refractivity (Wildman–Crippen MR) is 120 cm³/mol. The largest absolute Gasteiger partial charge is 0.505 e. The van der Waals surface area contributed by atoms with E-state index in [9.17, 15) is 14.7 Å². The highest BCUT2D eigenvalue weighted by Gasteiger charge is 2.46. The number of amides is 1. The molecule has 2 saturated heterocycles. The number of aryl methyl sites for hydroxylation is 1. The lowest BCUT2D eigenvalue weighted by Crippen LogP contribution is -2.42. The smallest absolute Gasteiger partial charge is 0.295 e. The highest BCUT2D eigenvalue weighted by Crippen LogP contribution is 2.39. The zero-order chi connectivity index (χ0) is 22.9. The minimum Gasteiger partial charge on any atom is -0.505 e. The molecule has 0 unspecified atom stereocenters. The normalized spacial score (nSPS) is 21.2. The highest BCUT2D eigenvalue weighted by molar-refractivity contribution is 6.46. The monoisotopic (exact) mass is 447 g/mol. The number of nitrogens with zero attached hydrogens (tertiary/aromatic N) is 5. The van der Waals surface area contributed by atoms with Crippen molar-refractivity contribution in [2.75, 3.05) is 39.4 Å². The van der Waals surface area contributed by atoms with Crippen LogP contribution in [0.2, 0.25) is 0 Å². The first-order valence-electron chi connectivity index (χ1n) is 11.0. The fourth-order valence-corrected chi connectivity index (χ4v) is 4.60. The van der Waals surface area contributed by atoms with Gasteiger partial charge in [-0.15, -0.1) is 0 Å². The maximum Gasteiger partial charge on any atom is 0.295 e. The van der Waals surface area contributed by atoms with E-state index in [2.05, 4.69) is 14.9 Å². The number of hydrogen-bond donors (Lipinski definition) is 1. The van der Waals surface area contributed by atoms with Gasteiger partial charge in [-0.05, 0) is 30.7 Å². The van der Waals surface area contributed by atoms with Crippen LogP contribution in [0.5, 0.6) is 0 Å². The minimum atomic E-state index is -0.728. The lowest BCUT2D eigenvalue weighted by molar-refractivity contribution is -0.140. The molecule has 0 aromatic carbocycles. The van der Waals surface area contributed by atoms with Crippen molar-refractivity contribution in [1.29, 1.82) is 0 Å². The fraction of sp³-hybridized carbons (Fsp3) is 0.333. The molecule has 9 heteroatoms. The number of rotatable bonds is 5. The summed E-state index contributed by atoms with van der Waals surface area (Å²) in [5.74, 6) is -1.55. The molecular weight excluding hydrogens is 422 g/mol. The number of likely N-dealkylation sites (tertiary alicyclic amines) is 1. The second-order valence-corrected chi connectivity index (χ2v) is 8.21. The van der Waals surface area contributed by atoms with Crippen molar-refractivity contribution < 1.29 is 19.4 Å². The van der Waals surface area contributed by atoms with Crippen LogP contribution in [0.3, 0.4) is 0 Å². The van der Waals surface area contributed by atoms with E-state index in [1.165, 1.54) is 0 Å². The van der Waals surface area contributed by atoms with Gasteiger partial charge in [0.2, 0.25) is 0 Å². The van der Waals surface area contributed by atoms with Crippen molar-refractivity contribution in [2.45, 2.75) is 13.0 Å². The van der Waals surface area contributed by atoms with Crippen LogP contribution >= 0.6 is 0 Å². The maximum absolute atomic E-state index is 13.2. The van der Waals surface area contributed by atoms with E-state index in [4.69, 9.17) is 4.74 Å². The van der Waals surface area contributed by atoms with Crippen LogP contribution in [0.25, 0.3) is 11.4 Å². The fourth-order valence-electron chi connectivity index (χ4n) is 4.60. The molecule has 9 nitrogen and oxygen atoms in total. The Morgan fingerprint density at radius 1 is 1.15 bits per heavy atom. The van der Waals surface area contributed by atoms with Crippen LogP contribution in [0, 0.1) is 6.92 Å². The summed E-state index contributed by atoms with van der Waals surface area (Å²) in [5.41, 5.74) is 2.36. The van der Waals surface area contributed by atoms with Crippen LogP contribution in [0.15, 0.2) is 54.5 Å². The molecule has 2 aliphatic rings. The van der Waals surface area contributed by atoms with Gasteiger partial charge < -0.3 is 14.7 Å². The van der Waals surface area contributed by atoms with E-state index in [0.717, 1.165) is 13.1 Å². The summed E-state index contributed by atoms with van der Waals surface area (Å²) in [6.45, 7) is 5.60. The van der Waals surface area contributed by atoms with Crippen LogP contribution < -0.4 is 0 Å². The number of ketones is 1. The molecule has 0 saturated carbocycles. The molecule has 1 amide bonds. The molecule has 3 aromatic rings. The van der Waals surface area contributed by atoms with Crippen LogP contribution in [0.4, 0.5) is 0 Å². The quantitative estimate of drug-likeness (QED) is 0.362. The van der Waals surface area contributed by atoms with Gasteiger partial charge in [0.05, 0.1) is 30.5 Å². The summed E-state index contributed by atoms with van der Waals surface area (Å²) in [5, 5.41) is 11.4. The third kappa shape index (κ3) is 3.79. The topological polar surface area (TPSA) is 100 Å². The molecule has 33 heavy (non-hydrogen) atoms. The molecule has 0 radical (unpaired) electrons. The molecule has 0 bridgehead atoms. The first-order valence-corrected chi connectivity index (χ1v) is 11.0. The van der Waals surface area contributed by atoms with Gasteiger partial charge in [0.25, 0.3) is 11.7 Å². The van der Waals surface area contributed by atoms with Crippen molar-refractivity contribution in [2.24, 2.45) is 0 Å². The third-order valence-corrected chi connectivity index (χ3v) is 6.23. The van der Waals surface area contributed by atoms with Crippen molar-refractivity contribution in [3.63, 3.8) is 0 Å². The number of carbonyl (C=O) groups is 2. The number of aliphatic hydroxyl groups is 1. The van der Waals surface area contributed by atoms with Gasteiger partial charge in [-0.1, -0.05) is 12.1 Å². The lowest BCUT2D eigenvalue weighted by atomic mass is 9.97. The number of pyridine rings is 2. The van der Waals surface area contributed by atoms with E-state index in [1.54, 1.807) is 40.9 Å².